The number of aromatic nitrogens is 1. The molecule has 2 heterocycles. The van der Waals surface area contributed by atoms with Crippen molar-refractivity contribution in [2.45, 2.75) is 12.5 Å². The molecule has 0 amide bonds. The van der Waals surface area contributed by atoms with E-state index in [2.05, 4.69) is 33.4 Å². The molecule has 1 saturated heterocycles. The maximum atomic E-state index is 10.4. The van der Waals surface area contributed by atoms with Crippen LogP contribution in [0, 0.1) is 0 Å². The Morgan fingerprint density at radius 2 is 2.26 bits per heavy atom. The molecule has 1 radical (unpaired) electrons. The van der Waals surface area contributed by atoms with Gasteiger partial charge in [0.25, 0.3) is 0 Å². The van der Waals surface area contributed by atoms with Crippen molar-refractivity contribution in [3.63, 3.8) is 0 Å². The van der Waals surface area contributed by atoms with Gasteiger partial charge in [-0.2, -0.15) is 0 Å². The third-order valence-electron chi connectivity index (χ3n) is 3.55. The van der Waals surface area contributed by atoms with Gasteiger partial charge in [0.15, 0.2) is 0 Å². The standard InChI is InChI=1S/C15H16N3O/c19-10-9-18-8-6-13(11-18)17-14-5-1-3-12-4-2-7-16-15(12)14/h1-5,7,13,17H,6,8-9,11H2/t13-/m1/s1. The minimum absolute atomic E-state index is 0.376. The van der Waals surface area contributed by atoms with Crippen molar-refractivity contribution in [2.75, 3.05) is 25.0 Å². The predicted octanol–water partition coefficient (Wildman–Crippen LogP) is 1.83. The summed E-state index contributed by atoms with van der Waals surface area (Å²) in [6, 6.07) is 10.6. The number of pyridine rings is 1. The van der Waals surface area contributed by atoms with Gasteiger partial charge in [-0.3, -0.25) is 14.7 Å². The second-order valence-corrected chi connectivity index (χ2v) is 4.89. The molecule has 3 rings (SSSR count). The van der Waals surface area contributed by atoms with Crippen molar-refractivity contribution in [3.8, 4) is 0 Å². The number of anilines is 1. The van der Waals surface area contributed by atoms with Crippen molar-refractivity contribution < 1.29 is 4.79 Å². The SMILES string of the molecule is O=[C]CN1CC[C@@H](Nc2cccc3cccnc23)C1. The first-order valence-electron chi connectivity index (χ1n) is 6.54. The zero-order valence-corrected chi connectivity index (χ0v) is 10.7. The molecule has 0 spiro atoms. The predicted molar refractivity (Wildman–Crippen MR) is 75.9 cm³/mol. The van der Waals surface area contributed by atoms with Crippen LogP contribution in [0.1, 0.15) is 6.42 Å². The van der Waals surface area contributed by atoms with Gasteiger partial charge in [0.2, 0.25) is 6.29 Å². The highest BCUT2D eigenvalue weighted by atomic mass is 16.1. The number of para-hydroxylation sites is 1. The van der Waals surface area contributed by atoms with E-state index in [1.165, 1.54) is 0 Å². The summed E-state index contributed by atoms with van der Waals surface area (Å²) >= 11 is 0. The van der Waals surface area contributed by atoms with Crippen molar-refractivity contribution in [1.82, 2.24) is 9.88 Å². The summed E-state index contributed by atoms with van der Waals surface area (Å²) in [6.45, 7) is 2.25. The van der Waals surface area contributed by atoms with Crippen LogP contribution in [0.5, 0.6) is 0 Å². The van der Waals surface area contributed by atoms with Crippen molar-refractivity contribution in [3.05, 3.63) is 36.5 Å². The highest BCUT2D eigenvalue weighted by molar-refractivity contribution is 5.90. The zero-order valence-electron chi connectivity index (χ0n) is 10.7. The molecule has 2 aromatic rings. The van der Waals surface area contributed by atoms with Crippen LogP contribution in [0.3, 0.4) is 0 Å². The Bertz CT molecular complexity index is 579. The van der Waals surface area contributed by atoms with Gasteiger partial charge in [0.1, 0.15) is 0 Å². The minimum atomic E-state index is 0.376. The molecular weight excluding hydrogens is 238 g/mol. The van der Waals surface area contributed by atoms with Crippen molar-refractivity contribution in [1.29, 1.82) is 0 Å². The van der Waals surface area contributed by atoms with Crippen LogP contribution in [0.4, 0.5) is 5.69 Å². The number of hydrogen-bond acceptors (Lipinski definition) is 4. The molecule has 19 heavy (non-hydrogen) atoms. The first kappa shape index (κ1) is 12.1. The van der Waals surface area contributed by atoms with Crippen LogP contribution >= 0.6 is 0 Å². The minimum Gasteiger partial charge on any atom is -0.379 e. The Morgan fingerprint density at radius 3 is 3.16 bits per heavy atom. The monoisotopic (exact) mass is 254 g/mol. The highest BCUT2D eigenvalue weighted by Crippen LogP contribution is 2.23. The molecule has 1 aromatic carbocycles. The molecule has 97 valence electrons. The van der Waals surface area contributed by atoms with Gasteiger partial charge in [-0.05, 0) is 18.6 Å². The van der Waals surface area contributed by atoms with Crippen molar-refractivity contribution in [2.24, 2.45) is 0 Å². The molecular formula is C15H16N3O. The first-order valence-corrected chi connectivity index (χ1v) is 6.54. The smallest absolute Gasteiger partial charge is 0.213 e. The molecule has 1 atom stereocenters. The fourth-order valence-corrected chi connectivity index (χ4v) is 2.63. The quantitative estimate of drug-likeness (QED) is 0.904. The number of nitrogens with zero attached hydrogens (tertiary/aromatic N) is 2. The average molecular weight is 254 g/mol. The summed E-state index contributed by atoms with van der Waals surface area (Å²) in [5.74, 6) is 0. The number of rotatable bonds is 4. The van der Waals surface area contributed by atoms with Gasteiger partial charge < -0.3 is 5.32 Å². The fourth-order valence-electron chi connectivity index (χ4n) is 2.63. The molecule has 1 aliphatic rings. The van der Waals surface area contributed by atoms with E-state index >= 15 is 0 Å². The lowest BCUT2D eigenvalue weighted by Crippen LogP contribution is -2.27. The molecule has 1 aliphatic heterocycles. The molecule has 0 aliphatic carbocycles. The molecule has 0 bridgehead atoms. The lowest BCUT2D eigenvalue weighted by atomic mass is 10.1. The van der Waals surface area contributed by atoms with Gasteiger partial charge in [-0.1, -0.05) is 18.2 Å². The fraction of sp³-hybridized carbons (Fsp3) is 0.333. The van der Waals surface area contributed by atoms with Crippen LogP contribution in [0.15, 0.2) is 36.5 Å². The summed E-state index contributed by atoms with van der Waals surface area (Å²) in [5, 5.41) is 4.68. The summed E-state index contributed by atoms with van der Waals surface area (Å²) < 4.78 is 0. The van der Waals surface area contributed by atoms with Crippen LogP contribution in [0.25, 0.3) is 10.9 Å². The number of hydrogen-bond donors (Lipinski definition) is 1. The number of carbonyl (C=O) groups excluding carboxylic acids is 1. The van der Waals surface area contributed by atoms with E-state index < -0.39 is 0 Å². The van der Waals surface area contributed by atoms with Gasteiger partial charge in [0.05, 0.1) is 17.7 Å². The Morgan fingerprint density at radius 1 is 1.37 bits per heavy atom. The molecule has 4 heteroatoms. The van der Waals surface area contributed by atoms with E-state index in [1.807, 2.05) is 24.6 Å². The van der Waals surface area contributed by atoms with Crippen LogP contribution in [-0.2, 0) is 4.79 Å². The van der Waals surface area contributed by atoms with E-state index in [-0.39, 0.29) is 0 Å². The third kappa shape index (κ3) is 2.58. The Hall–Kier alpha value is -1.94. The molecule has 1 aromatic heterocycles. The lowest BCUT2D eigenvalue weighted by molar-refractivity contribution is 0.375. The zero-order chi connectivity index (χ0) is 13.1. The molecule has 0 saturated carbocycles. The van der Waals surface area contributed by atoms with Gasteiger partial charge in [-0.15, -0.1) is 0 Å². The normalized spacial score (nSPS) is 19.7. The first-order chi connectivity index (χ1) is 9.36. The Kier molecular flexibility index (Phi) is 3.42. The highest BCUT2D eigenvalue weighted by Gasteiger charge is 2.22. The molecule has 1 fully saturated rings. The van der Waals surface area contributed by atoms with Crippen molar-refractivity contribution >= 4 is 22.9 Å². The Balaban J connectivity index is 1.77. The number of benzene rings is 1. The van der Waals surface area contributed by atoms with Crippen LogP contribution in [0.2, 0.25) is 0 Å². The third-order valence-corrected chi connectivity index (χ3v) is 3.55. The van der Waals surface area contributed by atoms with E-state index in [0.717, 1.165) is 36.1 Å². The van der Waals surface area contributed by atoms with E-state index in [0.29, 0.717) is 12.6 Å². The van der Waals surface area contributed by atoms with Crippen LogP contribution in [-0.4, -0.2) is 41.8 Å². The lowest BCUT2D eigenvalue weighted by Gasteiger charge is -2.16. The summed E-state index contributed by atoms with van der Waals surface area (Å²) in [5.41, 5.74) is 2.07. The van der Waals surface area contributed by atoms with Crippen LogP contribution < -0.4 is 5.32 Å². The average Bonchev–Trinajstić information content (AvgIpc) is 2.87. The van der Waals surface area contributed by atoms with E-state index in [4.69, 9.17) is 0 Å². The van der Waals surface area contributed by atoms with Gasteiger partial charge >= 0.3 is 0 Å². The number of nitrogens with one attached hydrogen (secondary N) is 1. The van der Waals surface area contributed by atoms with E-state index in [9.17, 15) is 4.79 Å². The van der Waals surface area contributed by atoms with Gasteiger partial charge in [-0.25, -0.2) is 0 Å². The summed E-state index contributed by atoms with van der Waals surface area (Å²) in [4.78, 5) is 17.0. The van der Waals surface area contributed by atoms with Gasteiger partial charge in [0, 0.05) is 30.7 Å². The number of likely N-dealkylation sites (tertiary alicyclic amines) is 1. The summed E-state index contributed by atoms with van der Waals surface area (Å²) in [7, 11) is 0. The summed E-state index contributed by atoms with van der Waals surface area (Å²) in [6.07, 6.45) is 4.82. The Labute approximate surface area is 112 Å². The molecule has 0 unspecified atom stereocenters. The second kappa shape index (κ2) is 5.36. The maximum Gasteiger partial charge on any atom is 0.213 e. The maximum absolute atomic E-state index is 10.4. The second-order valence-electron chi connectivity index (χ2n) is 4.89. The largest absolute Gasteiger partial charge is 0.379 e. The number of fused-ring (bicyclic) bond motifs is 1. The molecule has 4 nitrogen and oxygen atoms in total. The van der Waals surface area contributed by atoms with E-state index in [1.54, 1.807) is 0 Å². The topological polar surface area (TPSA) is 45.2 Å². The molecule has 1 N–H and O–H groups in total.